The molecule has 0 amide bonds. The van der Waals surface area contributed by atoms with Crippen molar-refractivity contribution in [3.8, 4) is 5.75 Å². The molecule has 0 saturated carbocycles. The molecule has 1 atom stereocenters. The van der Waals surface area contributed by atoms with Crippen molar-refractivity contribution in [3.05, 3.63) is 29.3 Å². The van der Waals surface area contributed by atoms with Crippen LogP contribution >= 0.6 is 0 Å². The highest BCUT2D eigenvalue weighted by molar-refractivity contribution is 5.38. The third kappa shape index (κ3) is 1.52. The number of methoxy groups -OCH3 is 1. The highest BCUT2D eigenvalue weighted by Crippen LogP contribution is 2.27. The Labute approximate surface area is 76.7 Å². The summed E-state index contributed by atoms with van der Waals surface area (Å²) in [6.07, 6.45) is -0.880. The van der Waals surface area contributed by atoms with Crippen molar-refractivity contribution in [3.63, 3.8) is 0 Å². The number of ether oxygens (including phenoxy) is 1. The molecule has 70 valence electrons. The summed E-state index contributed by atoms with van der Waals surface area (Å²) in [7, 11) is 1.62. The molecular formula is C10H12FNO. The number of nitrogens with one attached hydrogen (secondary N) is 1. The number of halogens is 1. The van der Waals surface area contributed by atoms with Crippen LogP contribution in [0.25, 0.3) is 0 Å². The van der Waals surface area contributed by atoms with Crippen LogP contribution in [0.2, 0.25) is 0 Å². The third-order valence-corrected chi connectivity index (χ3v) is 2.33. The molecule has 1 aliphatic rings. The molecule has 1 unspecified atom stereocenters. The molecule has 1 heterocycles. The summed E-state index contributed by atoms with van der Waals surface area (Å²) in [6, 6.07) is 5.49. The molecule has 0 spiro atoms. The SMILES string of the molecule is COc1ccc2c(c1)CNCC2F. The van der Waals surface area contributed by atoms with Gasteiger partial charge in [-0.3, -0.25) is 0 Å². The minimum Gasteiger partial charge on any atom is -0.497 e. The molecule has 0 fully saturated rings. The topological polar surface area (TPSA) is 21.3 Å². The van der Waals surface area contributed by atoms with Crippen molar-refractivity contribution >= 4 is 0 Å². The lowest BCUT2D eigenvalue weighted by atomic mass is 9.99. The van der Waals surface area contributed by atoms with Crippen LogP contribution in [0.4, 0.5) is 4.39 Å². The molecule has 0 aliphatic carbocycles. The second-order valence-corrected chi connectivity index (χ2v) is 3.16. The maximum atomic E-state index is 13.3. The van der Waals surface area contributed by atoms with E-state index in [1.807, 2.05) is 6.07 Å². The number of rotatable bonds is 1. The van der Waals surface area contributed by atoms with Crippen molar-refractivity contribution < 1.29 is 9.13 Å². The summed E-state index contributed by atoms with van der Waals surface area (Å²) in [4.78, 5) is 0. The summed E-state index contributed by atoms with van der Waals surface area (Å²) in [5.74, 6) is 0.787. The van der Waals surface area contributed by atoms with E-state index in [2.05, 4.69) is 5.32 Å². The van der Waals surface area contributed by atoms with Gasteiger partial charge in [0.2, 0.25) is 0 Å². The quantitative estimate of drug-likeness (QED) is 0.713. The Bertz CT molecular complexity index is 314. The van der Waals surface area contributed by atoms with Gasteiger partial charge in [-0.1, -0.05) is 6.07 Å². The van der Waals surface area contributed by atoms with E-state index in [0.29, 0.717) is 6.54 Å². The fourth-order valence-corrected chi connectivity index (χ4v) is 1.61. The lowest BCUT2D eigenvalue weighted by Crippen LogP contribution is -2.25. The maximum Gasteiger partial charge on any atom is 0.138 e. The van der Waals surface area contributed by atoms with E-state index >= 15 is 0 Å². The molecular weight excluding hydrogens is 169 g/mol. The van der Waals surface area contributed by atoms with Gasteiger partial charge in [0.05, 0.1) is 7.11 Å². The average molecular weight is 181 g/mol. The Kier molecular flexibility index (Phi) is 2.19. The van der Waals surface area contributed by atoms with E-state index in [0.717, 1.165) is 23.4 Å². The predicted molar refractivity (Wildman–Crippen MR) is 48.5 cm³/mol. The predicted octanol–water partition coefficient (Wildman–Crippen LogP) is 1.81. The molecule has 2 nitrogen and oxygen atoms in total. The first-order chi connectivity index (χ1) is 6.31. The van der Waals surface area contributed by atoms with E-state index in [9.17, 15) is 4.39 Å². The van der Waals surface area contributed by atoms with Crippen molar-refractivity contribution in [2.24, 2.45) is 0 Å². The minimum absolute atomic E-state index is 0.416. The van der Waals surface area contributed by atoms with Crippen LogP contribution in [0.1, 0.15) is 17.3 Å². The van der Waals surface area contributed by atoms with Crippen molar-refractivity contribution in [2.75, 3.05) is 13.7 Å². The minimum atomic E-state index is -0.880. The van der Waals surface area contributed by atoms with Crippen LogP contribution in [-0.4, -0.2) is 13.7 Å². The molecule has 0 bridgehead atoms. The number of hydrogen-bond donors (Lipinski definition) is 1. The summed E-state index contributed by atoms with van der Waals surface area (Å²) in [6.45, 7) is 1.15. The molecule has 0 aromatic heterocycles. The van der Waals surface area contributed by atoms with Gasteiger partial charge >= 0.3 is 0 Å². The molecule has 1 aliphatic heterocycles. The summed E-state index contributed by atoms with van der Waals surface area (Å²) >= 11 is 0. The summed E-state index contributed by atoms with van der Waals surface area (Å²) in [5, 5.41) is 3.01. The van der Waals surface area contributed by atoms with Crippen molar-refractivity contribution in [2.45, 2.75) is 12.7 Å². The first-order valence-electron chi connectivity index (χ1n) is 4.33. The van der Waals surface area contributed by atoms with Gasteiger partial charge in [0.25, 0.3) is 0 Å². The molecule has 1 aromatic rings. The van der Waals surface area contributed by atoms with Crippen LogP contribution < -0.4 is 10.1 Å². The molecule has 3 heteroatoms. The Hall–Kier alpha value is -1.09. The Morgan fingerprint density at radius 1 is 1.54 bits per heavy atom. The Morgan fingerprint density at radius 3 is 3.15 bits per heavy atom. The molecule has 13 heavy (non-hydrogen) atoms. The zero-order valence-corrected chi connectivity index (χ0v) is 7.51. The first kappa shape index (κ1) is 8.51. The molecule has 0 radical (unpaired) electrons. The Balaban J connectivity index is 2.39. The Morgan fingerprint density at radius 2 is 2.38 bits per heavy atom. The van der Waals surface area contributed by atoms with Crippen molar-refractivity contribution in [1.82, 2.24) is 5.32 Å². The van der Waals surface area contributed by atoms with E-state index in [1.54, 1.807) is 19.2 Å². The summed E-state index contributed by atoms with van der Waals surface area (Å²) < 4.78 is 18.4. The van der Waals surface area contributed by atoms with Gasteiger partial charge in [-0.25, -0.2) is 4.39 Å². The van der Waals surface area contributed by atoms with Gasteiger partial charge in [-0.2, -0.15) is 0 Å². The summed E-state index contributed by atoms with van der Waals surface area (Å²) in [5.41, 5.74) is 1.79. The van der Waals surface area contributed by atoms with Crippen molar-refractivity contribution in [1.29, 1.82) is 0 Å². The van der Waals surface area contributed by atoms with E-state index in [-0.39, 0.29) is 0 Å². The van der Waals surface area contributed by atoms with Gasteiger partial charge in [0.1, 0.15) is 11.9 Å². The van der Waals surface area contributed by atoms with E-state index in [4.69, 9.17) is 4.74 Å². The van der Waals surface area contributed by atoms with Gasteiger partial charge in [-0.15, -0.1) is 0 Å². The molecule has 2 rings (SSSR count). The van der Waals surface area contributed by atoms with Crippen LogP contribution in [-0.2, 0) is 6.54 Å². The molecule has 1 aromatic carbocycles. The number of fused-ring (bicyclic) bond motifs is 1. The number of hydrogen-bond acceptors (Lipinski definition) is 2. The zero-order valence-electron chi connectivity index (χ0n) is 7.51. The van der Waals surface area contributed by atoms with E-state index in [1.165, 1.54) is 0 Å². The fourth-order valence-electron chi connectivity index (χ4n) is 1.61. The van der Waals surface area contributed by atoms with Gasteiger partial charge in [0.15, 0.2) is 0 Å². The lowest BCUT2D eigenvalue weighted by molar-refractivity contribution is 0.309. The largest absolute Gasteiger partial charge is 0.497 e. The van der Waals surface area contributed by atoms with Crippen LogP contribution in [0.15, 0.2) is 18.2 Å². The van der Waals surface area contributed by atoms with Gasteiger partial charge < -0.3 is 10.1 Å². The smallest absolute Gasteiger partial charge is 0.138 e. The number of alkyl halides is 1. The van der Waals surface area contributed by atoms with Gasteiger partial charge in [-0.05, 0) is 23.3 Å². The normalized spacial score (nSPS) is 20.9. The average Bonchev–Trinajstić information content (AvgIpc) is 2.18. The number of benzene rings is 1. The van der Waals surface area contributed by atoms with Crippen LogP contribution in [0, 0.1) is 0 Å². The highest BCUT2D eigenvalue weighted by Gasteiger charge is 2.18. The standard InChI is InChI=1S/C10H12FNO/c1-13-8-2-3-9-7(4-8)5-12-6-10(9)11/h2-4,10,12H,5-6H2,1H3. The first-order valence-corrected chi connectivity index (χ1v) is 4.33. The van der Waals surface area contributed by atoms with Gasteiger partial charge in [0, 0.05) is 13.1 Å². The zero-order chi connectivity index (χ0) is 9.26. The second kappa shape index (κ2) is 3.34. The highest BCUT2D eigenvalue weighted by atomic mass is 19.1. The second-order valence-electron chi connectivity index (χ2n) is 3.16. The fraction of sp³-hybridized carbons (Fsp3) is 0.400. The lowest BCUT2D eigenvalue weighted by Gasteiger charge is -2.21. The van der Waals surface area contributed by atoms with Crippen LogP contribution in [0.5, 0.6) is 5.75 Å². The molecule has 1 N–H and O–H groups in total. The monoisotopic (exact) mass is 181 g/mol. The van der Waals surface area contributed by atoms with E-state index < -0.39 is 6.17 Å². The van der Waals surface area contributed by atoms with Crippen LogP contribution in [0.3, 0.4) is 0 Å². The molecule has 0 saturated heterocycles. The third-order valence-electron chi connectivity index (χ3n) is 2.33. The maximum absolute atomic E-state index is 13.3.